The van der Waals surface area contributed by atoms with Gasteiger partial charge in [0.1, 0.15) is 5.60 Å². The van der Waals surface area contributed by atoms with Crippen LogP contribution >= 0.6 is 0 Å². The maximum Gasteiger partial charge on any atom is 0.408 e. The van der Waals surface area contributed by atoms with Gasteiger partial charge in [-0.05, 0) is 40.0 Å². The van der Waals surface area contributed by atoms with Crippen LogP contribution in [0.15, 0.2) is 0 Å². The van der Waals surface area contributed by atoms with E-state index in [1.165, 1.54) is 19.3 Å². The summed E-state index contributed by atoms with van der Waals surface area (Å²) in [5, 5.41) is 3.14. The zero-order chi connectivity index (χ0) is 15.6. The molecule has 1 unspecified atom stereocenters. The quantitative estimate of drug-likeness (QED) is 0.840. The lowest BCUT2D eigenvalue weighted by Gasteiger charge is -2.50. The number of amides is 1. The first-order valence-electron chi connectivity index (χ1n) is 8.12. The molecule has 2 aliphatic rings. The number of nitrogens with two attached hydrogens (primary N) is 1. The van der Waals surface area contributed by atoms with Gasteiger partial charge in [-0.2, -0.15) is 0 Å². The Morgan fingerprint density at radius 2 is 1.90 bits per heavy atom. The Balaban J connectivity index is 2.17. The van der Waals surface area contributed by atoms with Crippen LogP contribution < -0.4 is 11.1 Å². The molecule has 1 aliphatic heterocycles. The van der Waals surface area contributed by atoms with Gasteiger partial charge in [0.05, 0.1) is 12.1 Å². The van der Waals surface area contributed by atoms with Gasteiger partial charge in [0.25, 0.3) is 0 Å². The summed E-state index contributed by atoms with van der Waals surface area (Å²) in [5.74, 6) is 0. The van der Waals surface area contributed by atoms with Crippen LogP contribution in [0.1, 0.15) is 59.3 Å². The van der Waals surface area contributed by atoms with Crippen LogP contribution in [0.2, 0.25) is 0 Å². The summed E-state index contributed by atoms with van der Waals surface area (Å²) in [6.07, 6.45) is 6.19. The van der Waals surface area contributed by atoms with Crippen LogP contribution in [0.4, 0.5) is 4.79 Å². The second-order valence-corrected chi connectivity index (χ2v) is 7.56. The fourth-order valence-electron chi connectivity index (χ4n) is 3.82. The average Bonchev–Trinajstić information content (AvgIpc) is 2.87. The molecule has 21 heavy (non-hydrogen) atoms. The van der Waals surface area contributed by atoms with Crippen LogP contribution in [0.25, 0.3) is 0 Å². The Labute approximate surface area is 127 Å². The van der Waals surface area contributed by atoms with Crippen molar-refractivity contribution >= 4 is 6.09 Å². The van der Waals surface area contributed by atoms with Crippen molar-refractivity contribution < 1.29 is 14.3 Å². The third-order valence-corrected chi connectivity index (χ3v) is 4.98. The van der Waals surface area contributed by atoms with Gasteiger partial charge in [0.2, 0.25) is 0 Å². The largest absolute Gasteiger partial charge is 0.444 e. The van der Waals surface area contributed by atoms with Crippen molar-refractivity contribution in [2.75, 3.05) is 19.8 Å². The second-order valence-electron chi connectivity index (χ2n) is 7.56. The van der Waals surface area contributed by atoms with Gasteiger partial charge >= 0.3 is 6.09 Å². The summed E-state index contributed by atoms with van der Waals surface area (Å²) >= 11 is 0. The highest BCUT2D eigenvalue weighted by Crippen LogP contribution is 2.47. The zero-order valence-electron chi connectivity index (χ0n) is 13.7. The topological polar surface area (TPSA) is 73.6 Å². The molecule has 1 amide bonds. The maximum atomic E-state index is 12.3. The fraction of sp³-hybridized carbons (Fsp3) is 0.938. The van der Waals surface area contributed by atoms with Crippen LogP contribution in [0, 0.1) is 5.41 Å². The second kappa shape index (κ2) is 6.13. The van der Waals surface area contributed by atoms with Gasteiger partial charge in [0.15, 0.2) is 0 Å². The van der Waals surface area contributed by atoms with Gasteiger partial charge in [-0.25, -0.2) is 4.79 Å². The summed E-state index contributed by atoms with van der Waals surface area (Å²) < 4.78 is 11.1. The lowest BCUT2D eigenvalue weighted by atomic mass is 9.61. The number of rotatable bonds is 3. The molecule has 5 nitrogen and oxygen atoms in total. The molecule has 1 saturated heterocycles. The van der Waals surface area contributed by atoms with E-state index in [2.05, 4.69) is 5.32 Å². The lowest BCUT2D eigenvalue weighted by molar-refractivity contribution is 0.00721. The number of carbonyl (C=O) groups is 1. The molecule has 0 bridgehead atoms. The minimum atomic E-state index is -0.493. The predicted octanol–water partition coefficient (Wildman–Crippen LogP) is 2.58. The molecule has 1 heterocycles. The molecule has 1 saturated carbocycles. The lowest BCUT2D eigenvalue weighted by Crippen LogP contribution is -2.64. The average molecular weight is 298 g/mol. The van der Waals surface area contributed by atoms with E-state index in [4.69, 9.17) is 15.2 Å². The fourth-order valence-corrected chi connectivity index (χ4v) is 3.82. The predicted molar refractivity (Wildman–Crippen MR) is 82.1 cm³/mol. The van der Waals surface area contributed by atoms with Crippen LogP contribution in [-0.4, -0.2) is 37.0 Å². The van der Waals surface area contributed by atoms with Crippen molar-refractivity contribution in [3.05, 3.63) is 0 Å². The van der Waals surface area contributed by atoms with E-state index in [0.717, 1.165) is 19.3 Å². The molecule has 1 aliphatic carbocycles. The number of hydrogen-bond donors (Lipinski definition) is 2. The minimum Gasteiger partial charge on any atom is -0.444 e. The molecule has 2 fully saturated rings. The van der Waals surface area contributed by atoms with E-state index in [1.54, 1.807) is 0 Å². The molecule has 122 valence electrons. The molecule has 0 aromatic carbocycles. The van der Waals surface area contributed by atoms with Crippen LogP contribution in [-0.2, 0) is 9.47 Å². The van der Waals surface area contributed by atoms with Crippen molar-refractivity contribution in [3.8, 4) is 0 Å². The number of carbonyl (C=O) groups excluding carboxylic acids is 1. The van der Waals surface area contributed by atoms with Gasteiger partial charge in [-0.15, -0.1) is 0 Å². The Kier molecular flexibility index (Phi) is 4.83. The number of nitrogens with one attached hydrogen (secondary N) is 1. The highest BCUT2D eigenvalue weighted by atomic mass is 16.6. The Hall–Kier alpha value is -0.810. The number of alkyl carbamates (subject to hydrolysis) is 1. The third-order valence-electron chi connectivity index (χ3n) is 4.98. The monoisotopic (exact) mass is 298 g/mol. The van der Waals surface area contributed by atoms with Crippen molar-refractivity contribution in [2.45, 2.75) is 70.4 Å². The molecule has 2 rings (SSSR count). The first kappa shape index (κ1) is 16.6. The highest BCUT2D eigenvalue weighted by Gasteiger charge is 2.54. The summed E-state index contributed by atoms with van der Waals surface area (Å²) in [4.78, 5) is 12.3. The molecule has 0 aromatic heterocycles. The molecule has 0 radical (unpaired) electrons. The minimum absolute atomic E-state index is 0.0569. The smallest absolute Gasteiger partial charge is 0.408 e. The molecule has 5 heteroatoms. The SMILES string of the molecule is CC(C)(C)OC(=O)NC1(C2(CN)CCCCC2)CCOC1. The molecule has 1 atom stereocenters. The molecule has 0 aromatic rings. The molecular formula is C16H30N2O3. The van der Waals surface area contributed by atoms with Gasteiger partial charge < -0.3 is 20.5 Å². The summed E-state index contributed by atoms with van der Waals surface area (Å²) in [7, 11) is 0. The van der Waals surface area contributed by atoms with E-state index in [9.17, 15) is 4.79 Å². The Bertz CT molecular complexity index is 364. The summed E-state index contributed by atoms with van der Waals surface area (Å²) in [6, 6.07) is 0. The van der Waals surface area contributed by atoms with Crippen LogP contribution in [0.5, 0.6) is 0 Å². The standard InChI is InChI=1S/C16H30N2O3/c1-14(2,3)21-13(19)18-16(9-10-20-12-16)15(11-17)7-5-4-6-8-15/h4-12,17H2,1-3H3,(H,18,19). The molecular weight excluding hydrogens is 268 g/mol. The van der Waals surface area contributed by atoms with Gasteiger partial charge in [0, 0.05) is 18.6 Å². The number of ether oxygens (including phenoxy) is 2. The van der Waals surface area contributed by atoms with E-state index in [-0.39, 0.29) is 17.0 Å². The van der Waals surface area contributed by atoms with E-state index in [0.29, 0.717) is 19.8 Å². The van der Waals surface area contributed by atoms with E-state index >= 15 is 0 Å². The summed E-state index contributed by atoms with van der Waals surface area (Å²) in [6.45, 7) is 7.45. The van der Waals surface area contributed by atoms with Crippen molar-refractivity contribution in [1.82, 2.24) is 5.32 Å². The van der Waals surface area contributed by atoms with E-state index in [1.807, 2.05) is 20.8 Å². The number of hydrogen-bond acceptors (Lipinski definition) is 4. The van der Waals surface area contributed by atoms with Crippen molar-refractivity contribution in [2.24, 2.45) is 11.1 Å². The van der Waals surface area contributed by atoms with Gasteiger partial charge in [-0.3, -0.25) is 0 Å². The first-order valence-corrected chi connectivity index (χ1v) is 8.12. The van der Waals surface area contributed by atoms with E-state index < -0.39 is 5.60 Å². The van der Waals surface area contributed by atoms with Crippen LogP contribution in [0.3, 0.4) is 0 Å². The maximum absolute atomic E-state index is 12.3. The normalized spacial score (nSPS) is 29.1. The molecule has 3 N–H and O–H groups in total. The van der Waals surface area contributed by atoms with Crippen molar-refractivity contribution in [1.29, 1.82) is 0 Å². The van der Waals surface area contributed by atoms with Crippen molar-refractivity contribution in [3.63, 3.8) is 0 Å². The first-order chi connectivity index (χ1) is 9.83. The highest BCUT2D eigenvalue weighted by molar-refractivity contribution is 5.69. The zero-order valence-corrected chi connectivity index (χ0v) is 13.7. The van der Waals surface area contributed by atoms with Gasteiger partial charge in [-0.1, -0.05) is 19.3 Å². The molecule has 0 spiro atoms. The summed E-state index contributed by atoms with van der Waals surface area (Å²) in [5.41, 5.74) is 5.24. The Morgan fingerprint density at radius 1 is 1.24 bits per heavy atom. The Morgan fingerprint density at radius 3 is 2.38 bits per heavy atom. The third kappa shape index (κ3) is 3.51.